The summed E-state index contributed by atoms with van der Waals surface area (Å²) in [5.41, 5.74) is 0.859. The lowest BCUT2D eigenvalue weighted by molar-refractivity contribution is 0.102. The molecule has 3 rings (SSSR count). The zero-order valence-electron chi connectivity index (χ0n) is 11.4. The van der Waals surface area contributed by atoms with Gasteiger partial charge < -0.3 is 4.57 Å². The van der Waals surface area contributed by atoms with Gasteiger partial charge in [-0.05, 0) is 24.3 Å². The number of anilines is 1. The summed E-state index contributed by atoms with van der Waals surface area (Å²) in [6.45, 7) is 0. The van der Waals surface area contributed by atoms with Crippen molar-refractivity contribution >= 4 is 35.1 Å². The molecule has 0 aliphatic rings. The van der Waals surface area contributed by atoms with E-state index in [4.69, 9.17) is 23.2 Å². The Bertz CT molecular complexity index is 841. The molecule has 0 saturated heterocycles. The second kappa shape index (κ2) is 5.78. The summed E-state index contributed by atoms with van der Waals surface area (Å²) in [5.74, 6) is -0.0518. The van der Waals surface area contributed by atoms with Crippen LogP contribution in [0.25, 0.3) is 5.69 Å². The van der Waals surface area contributed by atoms with Crippen molar-refractivity contribution in [1.82, 2.24) is 24.5 Å². The molecule has 9 heteroatoms. The first-order valence-corrected chi connectivity index (χ1v) is 6.96. The number of amides is 1. The van der Waals surface area contributed by atoms with Crippen LogP contribution in [0.1, 0.15) is 10.5 Å². The van der Waals surface area contributed by atoms with Crippen molar-refractivity contribution in [1.29, 1.82) is 0 Å². The van der Waals surface area contributed by atoms with E-state index in [1.54, 1.807) is 42.1 Å². The molecule has 0 fully saturated rings. The Labute approximate surface area is 135 Å². The molecular formula is C13H10Cl2N6O. The number of nitrogens with one attached hydrogen (secondary N) is 1. The van der Waals surface area contributed by atoms with Crippen LogP contribution in [-0.2, 0) is 7.05 Å². The maximum atomic E-state index is 12.1. The molecule has 22 heavy (non-hydrogen) atoms. The Morgan fingerprint density at radius 3 is 2.77 bits per heavy atom. The van der Waals surface area contributed by atoms with Gasteiger partial charge in [-0.3, -0.25) is 10.1 Å². The predicted octanol–water partition coefficient (Wildman–Crippen LogP) is 2.56. The van der Waals surface area contributed by atoms with Crippen LogP contribution in [-0.4, -0.2) is 30.5 Å². The van der Waals surface area contributed by atoms with E-state index >= 15 is 0 Å². The van der Waals surface area contributed by atoms with Gasteiger partial charge >= 0.3 is 0 Å². The molecule has 0 aliphatic carbocycles. The Hall–Kier alpha value is -2.38. The van der Waals surface area contributed by atoms with Crippen LogP contribution in [0.2, 0.25) is 10.0 Å². The van der Waals surface area contributed by atoms with Crippen LogP contribution in [0.3, 0.4) is 0 Å². The first-order chi connectivity index (χ1) is 10.5. The average molecular weight is 337 g/mol. The SMILES string of the molecule is Cn1cnnc1NC(=O)c1ccn(-c2ccc(Cl)cc2Cl)n1. The molecule has 1 aromatic carbocycles. The van der Waals surface area contributed by atoms with Gasteiger partial charge in [-0.1, -0.05) is 23.2 Å². The van der Waals surface area contributed by atoms with Crippen molar-refractivity contribution in [3.63, 3.8) is 0 Å². The van der Waals surface area contributed by atoms with Gasteiger partial charge in [0, 0.05) is 18.3 Å². The minimum atomic E-state index is -0.389. The molecule has 0 bridgehead atoms. The lowest BCUT2D eigenvalue weighted by Crippen LogP contribution is -2.16. The average Bonchev–Trinajstić information content (AvgIpc) is 3.09. The molecule has 1 amide bonds. The first kappa shape index (κ1) is 14.6. The molecule has 7 nitrogen and oxygen atoms in total. The summed E-state index contributed by atoms with van der Waals surface area (Å²) in [5, 5.41) is 15.3. The van der Waals surface area contributed by atoms with E-state index in [-0.39, 0.29) is 11.6 Å². The van der Waals surface area contributed by atoms with E-state index in [1.807, 2.05) is 0 Å². The summed E-state index contributed by atoms with van der Waals surface area (Å²) < 4.78 is 3.09. The van der Waals surface area contributed by atoms with E-state index in [0.717, 1.165) is 0 Å². The molecule has 0 aliphatic heterocycles. The number of hydrogen-bond acceptors (Lipinski definition) is 4. The number of nitrogens with zero attached hydrogens (tertiary/aromatic N) is 5. The lowest BCUT2D eigenvalue weighted by Gasteiger charge is -2.04. The van der Waals surface area contributed by atoms with Crippen molar-refractivity contribution in [3.8, 4) is 5.69 Å². The highest BCUT2D eigenvalue weighted by Gasteiger charge is 2.14. The Morgan fingerprint density at radius 1 is 1.27 bits per heavy atom. The van der Waals surface area contributed by atoms with Crippen molar-refractivity contribution in [2.24, 2.45) is 7.05 Å². The summed E-state index contributed by atoms with van der Waals surface area (Å²) >= 11 is 12.0. The van der Waals surface area contributed by atoms with Gasteiger partial charge in [0.25, 0.3) is 5.91 Å². The van der Waals surface area contributed by atoms with E-state index < -0.39 is 0 Å². The number of aromatic nitrogens is 5. The maximum Gasteiger partial charge on any atom is 0.278 e. The highest BCUT2D eigenvalue weighted by atomic mass is 35.5. The normalized spacial score (nSPS) is 10.7. The third kappa shape index (κ3) is 2.81. The minimum Gasteiger partial charge on any atom is -0.303 e. The molecule has 0 spiro atoms. The van der Waals surface area contributed by atoms with Crippen LogP contribution >= 0.6 is 23.2 Å². The van der Waals surface area contributed by atoms with E-state index in [1.165, 1.54) is 11.0 Å². The molecule has 2 aromatic heterocycles. The molecule has 0 radical (unpaired) electrons. The Morgan fingerprint density at radius 2 is 2.09 bits per heavy atom. The number of rotatable bonds is 3. The topological polar surface area (TPSA) is 77.6 Å². The summed E-state index contributed by atoms with van der Waals surface area (Å²) in [6.07, 6.45) is 3.13. The van der Waals surface area contributed by atoms with Gasteiger partial charge in [0.05, 0.1) is 10.7 Å². The molecule has 0 unspecified atom stereocenters. The monoisotopic (exact) mass is 336 g/mol. The fourth-order valence-corrected chi connectivity index (χ4v) is 2.30. The standard InChI is InChI=1S/C13H10Cl2N6O/c1-20-7-16-18-13(20)17-12(22)10-4-5-21(19-10)11-3-2-8(14)6-9(11)15/h2-7H,1H3,(H,17,18,22). The third-order valence-electron chi connectivity index (χ3n) is 2.91. The highest BCUT2D eigenvalue weighted by molar-refractivity contribution is 6.35. The molecule has 1 N–H and O–H groups in total. The van der Waals surface area contributed by atoms with E-state index in [0.29, 0.717) is 21.7 Å². The molecular weight excluding hydrogens is 327 g/mol. The maximum absolute atomic E-state index is 12.1. The summed E-state index contributed by atoms with van der Waals surface area (Å²) in [7, 11) is 1.72. The smallest absolute Gasteiger partial charge is 0.278 e. The number of aryl methyl sites for hydroxylation is 1. The van der Waals surface area contributed by atoms with Gasteiger partial charge in [-0.25, -0.2) is 4.68 Å². The Kier molecular flexibility index (Phi) is 3.82. The number of halogens is 2. The number of benzene rings is 1. The van der Waals surface area contributed by atoms with Crippen molar-refractivity contribution < 1.29 is 4.79 Å². The van der Waals surface area contributed by atoms with E-state index in [2.05, 4.69) is 20.6 Å². The van der Waals surface area contributed by atoms with E-state index in [9.17, 15) is 4.79 Å². The van der Waals surface area contributed by atoms with Gasteiger partial charge in [0.1, 0.15) is 6.33 Å². The van der Waals surface area contributed by atoms with Crippen LogP contribution in [0.4, 0.5) is 5.95 Å². The Balaban J connectivity index is 1.84. The first-order valence-electron chi connectivity index (χ1n) is 6.21. The number of carbonyl (C=O) groups excluding carboxylic acids is 1. The predicted molar refractivity (Wildman–Crippen MR) is 82.5 cm³/mol. The molecule has 0 saturated carbocycles. The quantitative estimate of drug-likeness (QED) is 0.797. The van der Waals surface area contributed by atoms with Crippen molar-refractivity contribution in [2.75, 3.05) is 5.32 Å². The molecule has 0 atom stereocenters. The third-order valence-corrected chi connectivity index (χ3v) is 3.45. The number of hydrogen-bond donors (Lipinski definition) is 1. The van der Waals surface area contributed by atoms with Crippen molar-refractivity contribution in [3.05, 3.63) is 52.5 Å². The summed E-state index contributed by atoms with van der Waals surface area (Å²) in [6, 6.07) is 6.61. The lowest BCUT2D eigenvalue weighted by atomic mass is 10.3. The summed E-state index contributed by atoms with van der Waals surface area (Å²) in [4.78, 5) is 12.1. The van der Waals surface area contributed by atoms with Crippen molar-refractivity contribution in [2.45, 2.75) is 0 Å². The van der Waals surface area contributed by atoms with Gasteiger partial charge in [0.15, 0.2) is 5.69 Å². The second-order valence-corrected chi connectivity index (χ2v) is 5.30. The van der Waals surface area contributed by atoms with Gasteiger partial charge in [0.2, 0.25) is 5.95 Å². The largest absolute Gasteiger partial charge is 0.303 e. The van der Waals surface area contributed by atoms with Crippen LogP contribution in [0, 0.1) is 0 Å². The fourth-order valence-electron chi connectivity index (χ4n) is 1.81. The minimum absolute atomic E-state index is 0.231. The van der Waals surface area contributed by atoms with Gasteiger partial charge in [-0.2, -0.15) is 5.10 Å². The second-order valence-electron chi connectivity index (χ2n) is 4.46. The molecule has 2 heterocycles. The fraction of sp³-hybridized carbons (Fsp3) is 0.0769. The van der Waals surface area contributed by atoms with Crippen LogP contribution in [0.5, 0.6) is 0 Å². The highest BCUT2D eigenvalue weighted by Crippen LogP contribution is 2.24. The zero-order chi connectivity index (χ0) is 15.7. The van der Waals surface area contributed by atoms with Gasteiger partial charge in [-0.15, -0.1) is 10.2 Å². The molecule has 3 aromatic rings. The van der Waals surface area contributed by atoms with Crippen LogP contribution < -0.4 is 5.32 Å². The van der Waals surface area contributed by atoms with Crippen LogP contribution in [0.15, 0.2) is 36.8 Å². The molecule has 112 valence electrons. The number of carbonyl (C=O) groups is 1. The zero-order valence-corrected chi connectivity index (χ0v) is 12.9.